The third kappa shape index (κ3) is 4.90. The first-order valence-corrected chi connectivity index (χ1v) is 11.9. The average molecular weight is 427 g/mol. The van der Waals surface area contributed by atoms with E-state index in [1.165, 1.54) is 35.7 Å². The monoisotopic (exact) mass is 426 g/mol. The maximum atomic E-state index is 12.8. The largest absolute Gasteiger partial charge is 0.465 e. The van der Waals surface area contributed by atoms with Gasteiger partial charge in [0.25, 0.3) is 0 Å². The Hall–Kier alpha value is -1.42. The number of benzene rings is 1. The quantitative estimate of drug-likeness (QED) is 0.520. The molecule has 0 saturated carbocycles. The Morgan fingerprint density at radius 2 is 1.96 bits per heavy atom. The summed E-state index contributed by atoms with van der Waals surface area (Å²) in [6.07, 6.45) is 1.69. The van der Waals surface area contributed by atoms with Gasteiger partial charge in [-0.1, -0.05) is 11.8 Å². The first kappa shape index (κ1) is 20.3. The van der Waals surface area contributed by atoms with Crippen molar-refractivity contribution in [3.05, 3.63) is 40.9 Å². The molecule has 1 aliphatic rings. The Morgan fingerprint density at radius 1 is 1.30 bits per heavy atom. The summed E-state index contributed by atoms with van der Waals surface area (Å²) in [5, 5.41) is 2.04. The minimum Gasteiger partial charge on any atom is -0.465 e. The first-order valence-electron chi connectivity index (χ1n) is 8.63. The third-order valence-electron chi connectivity index (χ3n) is 4.53. The molecule has 3 rings (SSSR count). The second kappa shape index (κ2) is 8.72. The molecule has 0 radical (unpaired) electrons. The van der Waals surface area contributed by atoms with E-state index < -0.39 is 16.0 Å². The Balaban J connectivity index is 1.56. The number of ether oxygens (including phenoxy) is 1. The zero-order valence-corrected chi connectivity index (χ0v) is 17.7. The van der Waals surface area contributed by atoms with Crippen LogP contribution in [-0.2, 0) is 14.8 Å². The number of carbonyl (C=O) groups excluding carboxylic acids is 1. The topological polar surface area (TPSA) is 76.6 Å². The number of aromatic nitrogens is 1. The smallest absolute Gasteiger partial charge is 0.337 e. The highest BCUT2D eigenvalue weighted by atomic mass is 32.2. The lowest BCUT2D eigenvalue weighted by molar-refractivity contribution is 0.0600. The van der Waals surface area contributed by atoms with Crippen LogP contribution in [0.2, 0.25) is 0 Å². The number of thiazole rings is 1. The summed E-state index contributed by atoms with van der Waals surface area (Å²) in [4.78, 5) is 16.2. The second-order valence-corrected chi connectivity index (χ2v) is 10.5. The SMILES string of the molecule is COC(=O)c1ccc(S(=O)(=O)N2CCC(CSc3nc(C)cs3)CC2)cc1. The number of piperidine rings is 1. The van der Waals surface area contributed by atoms with Gasteiger partial charge in [0, 0.05) is 29.9 Å². The molecule has 0 N–H and O–H groups in total. The van der Waals surface area contributed by atoms with Crippen molar-refractivity contribution in [3.8, 4) is 0 Å². The molecule has 0 unspecified atom stereocenters. The fraction of sp³-hybridized carbons (Fsp3) is 0.444. The number of hydrogen-bond acceptors (Lipinski definition) is 7. The molecule has 6 nitrogen and oxygen atoms in total. The number of aryl methyl sites for hydroxylation is 1. The van der Waals surface area contributed by atoms with E-state index >= 15 is 0 Å². The number of methoxy groups -OCH3 is 1. The van der Waals surface area contributed by atoms with Crippen LogP contribution in [0.5, 0.6) is 0 Å². The van der Waals surface area contributed by atoms with Crippen molar-refractivity contribution < 1.29 is 17.9 Å². The lowest BCUT2D eigenvalue weighted by atomic mass is 10.0. The maximum absolute atomic E-state index is 12.8. The van der Waals surface area contributed by atoms with Gasteiger partial charge < -0.3 is 4.74 Å². The first-order chi connectivity index (χ1) is 12.9. The molecule has 146 valence electrons. The lowest BCUT2D eigenvalue weighted by Crippen LogP contribution is -2.38. The summed E-state index contributed by atoms with van der Waals surface area (Å²) < 4.78 is 32.9. The predicted octanol–water partition coefficient (Wildman–Crippen LogP) is 3.43. The Labute approximate surface area is 168 Å². The summed E-state index contributed by atoms with van der Waals surface area (Å²) in [7, 11) is -2.24. The molecule has 0 amide bonds. The molecule has 1 aromatic carbocycles. The molecule has 1 saturated heterocycles. The highest BCUT2D eigenvalue weighted by molar-refractivity contribution is 8.01. The summed E-state index contributed by atoms with van der Waals surface area (Å²) in [5.74, 6) is 0.981. The average Bonchev–Trinajstić information content (AvgIpc) is 3.11. The fourth-order valence-electron chi connectivity index (χ4n) is 2.93. The van der Waals surface area contributed by atoms with Gasteiger partial charge in [-0.3, -0.25) is 0 Å². The number of rotatable bonds is 6. The van der Waals surface area contributed by atoms with Crippen molar-refractivity contribution in [2.24, 2.45) is 5.92 Å². The number of thioether (sulfide) groups is 1. The minimum absolute atomic E-state index is 0.209. The van der Waals surface area contributed by atoms with Gasteiger partial charge in [0.2, 0.25) is 10.0 Å². The van der Waals surface area contributed by atoms with E-state index in [1.54, 1.807) is 23.1 Å². The van der Waals surface area contributed by atoms with Gasteiger partial charge in [0.05, 0.1) is 17.6 Å². The number of hydrogen-bond donors (Lipinski definition) is 0. The van der Waals surface area contributed by atoms with Crippen LogP contribution in [0.1, 0.15) is 28.9 Å². The molecule has 0 bridgehead atoms. The molecular formula is C18H22N2O4S3. The van der Waals surface area contributed by atoms with E-state index in [2.05, 4.69) is 9.72 Å². The van der Waals surface area contributed by atoms with E-state index in [4.69, 9.17) is 0 Å². The zero-order valence-electron chi connectivity index (χ0n) is 15.3. The molecule has 1 fully saturated rings. The summed E-state index contributed by atoms with van der Waals surface area (Å²) in [6, 6.07) is 5.90. The van der Waals surface area contributed by atoms with Gasteiger partial charge in [0.1, 0.15) is 4.34 Å². The van der Waals surface area contributed by atoms with Crippen LogP contribution < -0.4 is 0 Å². The van der Waals surface area contributed by atoms with Gasteiger partial charge in [-0.05, 0) is 49.9 Å². The van der Waals surface area contributed by atoms with Gasteiger partial charge in [-0.25, -0.2) is 18.2 Å². The maximum Gasteiger partial charge on any atom is 0.337 e. The zero-order chi connectivity index (χ0) is 19.4. The molecule has 0 atom stereocenters. The molecule has 1 aromatic heterocycles. The van der Waals surface area contributed by atoms with Crippen molar-refractivity contribution in [2.75, 3.05) is 26.0 Å². The van der Waals surface area contributed by atoms with Crippen LogP contribution in [0.4, 0.5) is 0 Å². The number of sulfonamides is 1. The highest BCUT2D eigenvalue weighted by Gasteiger charge is 2.29. The molecule has 2 heterocycles. The van der Waals surface area contributed by atoms with E-state index in [-0.39, 0.29) is 4.90 Å². The minimum atomic E-state index is -3.53. The van der Waals surface area contributed by atoms with E-state index in [0.29, 0.717) is 24.6 Å². The highest BCUT2D eigenvalue weighted by Crippen LogP contribution is 2.30. The van der Waals surface area contributed by atoms with E-state index in [9.17, 15) is 13.2 Å². The number of nitrogens with zero attached hydrogens (tertiary/aromatic N) is 2. The van der Waals surface area contributed by atoms with Crippen LogP contribution in [-0.4, -0.2) is 49.6 Å². The predicted molar refractivity (Wildman–Crippen MR) is 107 cm³/mol. The Morgan fingerprint density at radius 3 is 2.52 bits per heavy atom. The fourth-order valence-corrected chi connectivity index (χ4v) is 6.47. The second-order valence-electron chi connectivity index (χ2n) is 6.43. The normalized spacial score (nSPS) is 16.4. The standard InChI is InChI=1S/C18H22N2O4S3/c1-13-11-25-18(19-13)26-12-14-7-9-20(10-8-14)27(22,23)16-5-3-15(4-6-16)17(21)24-2/h3-6,11,14H,7-10,12H2,1-2H3. The van der Waals surface area contributed by atoms with Crippen molar-refractivity contribution in [3.63, 3.8) is 0 Å². The van der Waals surface area contributed by atoms with Crippen LogP contribution in [0, 0.1) is 12.8 Å². The van der Waals surface area contributed by atoms with Crippen LogP contribution >= 0.6 is 23.1 Å². The molecule has 27 heavy (non-hydrogen) atoms. The summed E-state index contributed by atoms with van der Waals surface area (Å²) in [5.41, 5.74) is 1.38. The molecule has 9 heteroatoms. The number of esters is 1. The summed E-state index contributed by atoms with van der Waals surface area (Å²) in [6.45, 7) is 3.02. The molecular weight excluding hydrogens is 404 g/mol. The van der Waals surface area contributed by atoms with Crippen LogP contribution in [0.25, 0.3) is 0 Å². The van der Waals surface area contributed by atoms with Gasteiger partial charge in [-0.2, -0.15) is 4.31 Å². The van der Waals surface area contributed by atoms with Crippen LogP contribution in [0.3, 0.4) is 0 Å². The van der Waals surface area contributed by atoms with Crippen molar-refractivity contribution in [1.82, 2.24) is 9.29 Å². The Bertz CT molecular complexity index is 886. The number of carbonyl (C=O) groups is 1. The van der Waals surface area contributed by atoms with Crippen LogP contribution in [0.15, 0.2) is 38.9 Å². The van der Waals surface area contributed by atoms with Crippen molar-refractivity contribution in [1.29, 1.82) is 0 Å². The van der Waals surface area contributed by atoms with Gasteiger partial charge >= 0.3 is 5.97 Å². The van der Waals surface area contributed by atoms with E-state index in [0.717, 1.165) is 28.6 Å². The summed E-state index contributed by atoms with van der Waals surface area (Å²) >= 11 is 3.41. The van der Waals surface area contributed by atoms with Crippen molar-refractivity contribution in [2.45, 2.75) is 29.0 Å². The van der Waals surface area contributed by atoms with E-state index in [1.807, 2.05) is 12.3 Å². The lowest BCUT2D eigenvalue weighted by Gasteiger charge is -2.31. The Kier molecular flexibility index (Phi) is 6.56. The third-order valence-corrected chi connectivity index (χ3v) is 8.81. The van der Waals surface area contributed by atoms with Crippen molar-refractivity contribution >= 4 is 39.1 Å². The molecule has 0 aliphatic carbocycles. The molecule has 2 aromatic rings. The van der Waals surface area contributed by atoms with Gasteiger partial charge in [0.15, 0.2) is 0 Å². The van der Waals surface area contributed by atoms with Gasteiger partial charge in [-0.15, -0.1) is 11.3 Å². The molecule has 1 aliphatic heterocycles. The molecule has 0 spiro atoms.